The first kappa shape index (κ1) is 12.5. The fourth-order valence-corrected chi connectivity index (χ4v) is 1.43. The molecule has 0 fully saturated rings. The molecule has 1 aromatic carbocycles. The lowest BCUT2D eigenvalue weighted by Crippen LogP contribution is -2.49. The number of benzene rings is 1. The lowest BCUT2D eigenvalue weighted by molar-refractivity contribution is -0.857. The Morgan fingerprint density at radius 2 is 1.88 bits per heavy atom. The van der Waals surface area contributed by atoms with Crippen LogP contribution in [0, 0.1) is 5.21 Å². The van der Waals surface area contributed by atoms with Gasteiger partial charge in [0.1, 0.15) is 5.75 Å². The molecule has 1 atom stereocenters. The van der Waals surface area contributed by atoms with Crippen molar-refractivity contribution < 1.29 is 19.7 Å². The smallest absolute Gasteiger partial charge is 0.363 e. The van der Waals surface area contributed by atoms with E-state index in [2.05, 4.69) is 0 Å². The largest absolute Gasteiger partial charge is 0.633 e. The highest BCUT2D eigenvalue weighted by Gasteiger charge is 2.28. The number of hydroxylamine groups is 3. The van der Waals surface area contributed by atoms with Crippen molar-refractivity contribution in [3.63, 3.8) is 0 Å². The number of hydrogen-bond acceptors (Lipinski definition) is 3. The molecule has 0 saturated carbocycles. The Kier molecular flexibility index (Phi) is 3.51. The van der Waals surface area contributed by atoms with Gasteiger partial charge in [0.25, 0.3) is 0 Å². The van der Waals surface area contributed by atoms with Crippen LogP contribution in [-0.4, -0.2) is 41.0 Å². The minimum absolute atomic E-state index is 0.117. The topological polar surface area (TPSA) is 80.6 Å². The van der Waals surface area contributed by atoms with Crippen molar-refractivity contribution in [2.45, 2.75) is 12.5 Å². The molecule has 2 N–H and O–H groups in total. The lowest BCUT2D eigenvalue weighted by atomic mass is 10.0. The number of nitrogens with zero attached hydrogens (tertiary/aromatic N) is 1. The van der Waals surface area contributed by atoms with E-state index in [0.29, 0.717) is 5.56 Å². The van der Waals surface area contributed by atoms with E-state index < -0.39 is 16.7 Å². The van der Waals surface area contributed by atoms with Crippen molar-refractivity contribution in [1.29, 1.82) is 0 Å². The Morgan fingerprint density at radius 1 is 1.38 bits per heavy atom. The van der Waals surface area contributed by atoms with E-state index in [1.807, 2.05) is 0 Å². The van der Waals surface area contributed by atoms with Crippen LogP contribution in [-0.2, 0) is 11.2 Å². The number of hydrogen-bond donors (Lipinski definition) is 2. The molecule has 0 aromatic heterocycles. The van der Waals surface area contributed by atoms with Crippen LogP contribution in [0.5, 0.6) is 5.75 Å². The Morgan fingerprint density at radius 3 is 2.25 bits per heavy atom. The van der Waals surface area contributed by atoms with E-state index in [0.717, 1.165) is 0 Å². The number of quaternary nitrogens is 1. The van der Waals surface area contributed by atoms with Crippen LogP contribution >= 0.6 is 0 Å². The molecule has 16 heavy (non-hydrogen) atoms. The molecule has 0 aliphatic rings. The number of phenolic OH excluding ortho intramolecular Hbond substituents is 1. The summed E-state index contributed by atoms with van der Waals surface area (Å²) in [7, 11) is 2.61. The maximum Gasteiger partial charge on any atom is 0.363 e. The lowest BCUT2D eigenvalue weighted by Gasteiger charge is -2.39. The van der Waals surface area contributed by atoms with Gasteiger partial charge in [0.15, 0.2) is 6.04 Å². The molecule has 0 bridgehead atoms. The van der Waals surface area contributed by atoms with Crippen LogP contribution in [0.25, 0.3) is 0 Å². The van der Waals surface area contributed by atoms with Gasteiger partial charge < -0.3 is 20.1 Å². The zero-order valence-corrected chi connectivity index (χ0v) is 9.25. The number of phenols is 1. The van der Waals surface area contributed by atoms with Gasteiger partial charge in [-0.1, -0.05) is 12.1 Å². The number of likely N-dealkylation sites (N-methyl/N-ethyl adjacent to an activating group) is 1. The predicted molar refractivity (Wildman–Crippen MR) is 58.7 cm³/mol. The zero-order valence-electron chi connectivity index (χ0n) is 9.25. The third kappa shape index (κ3) is 3.22. The van der Waals surface area contributed by atoms with E-state index >= 15 is 0 Å². The van der Waals surface area contributed by atoms with Gasteiger partial charge in [-0.2, -0.15) is 0 Å². The first-order chi connectivity index (χ1) is 7.30. The highest BCUT2D eigenvalue weighted by molar-refractivity contribution is 5.72. The first-order valence-corrected chi connectivity index (χ1v) is 4.86. The standard InChI is InChI=1S/C11H15NO4/c1-12(2,16)10(11(14)15)7-8-3-5-9(13)6-4-8/h3-6,10,13H,7H2,1-2H3,(H,14,15). The van der Waals surface area contributed by atoms with Crippen molar-refractivity contribution in [1.82, 2.24) is 0 Å². The van der Waals surface area contributed by atoms with E-state index in [1.165, 1.54) is 26.2 Å². The van der Waals surface area contributed by atoms with Crippen LogP contribution in [0.15, 0.2) is 24.3 Å². The van der Waals surface area contributed by atoms with Gasteiger partial charge in [0.05, 0.1) is 14.1 Å². The summed E-state index contributed by atoms with van der Waals surface area (Å²) in [5.74, 6) is -1.00. The van der Waals surface area contributed by atoms with Crippen molar-refractivity contribution >= 4 is 5.97 Å². The molecular formula is C11H15NO4. The minimum atomic E-state index is -1.12. The molecule has 0 aliphatic heterocycles. The van der Waals surface area contributed by atoms with Gasteiger partial charge in [-0.25, -0.2) is 4.79 Å². The number of carbonyl (C=O) groups is 1. The molecule has 0 radical (unpaired) electrons. The summed E-state index contributed by atoms with van der Waals surface area (Å²) >= 11 is 0. The van der Waals surface area contributed by atoms with Crippen LogP contribution < -0.4 is 0 Å². The molecule has 0 heterocycles. The third-order valence-electron chi connectivity index (χ3n) is 2.40. The Labute approximate surface area is 93.7 Å². The number of aliphatic carboxylic acids is 1. The summed E-state index contributed by atoms with van der Waals surface area (Å²) in [5.41, 5.74) is 0.715. The molecule has 0 spiro atoms. The number of carboxylic acids is 1. The molecule has 5 heteroatoms. The second-order valence-corrected chi connectivity index (χ2v) is 4.16. The minimum Gasteiger partial charge on any atom is -0.633 e. The normalized spacial score (nSPS) is 13.4. The summed E-state index contributed by atoms with van der Waals surface area (Å²) in [5, 5.41) is 29.7. The van der Waals surface area contributed by atoms with E-state index in [4.69, 9.17) is 10.2 Å². The second kappa shape index (κ2) is 4.51. The van der Waals surface area contributed by atoms with Gasteiger partial charge in [-0.05, 0) is 17.7 Å². The Balaban J connectivity index is 2.84. The fourth-order valence-electron chi connectivity index (χ4n) is 1.43. The monoisotopic (exact) mass is 225 g/mol. The predicted octanol–water partition coefficient (Wildman–Crippen LogP) is 0.962. The van der Waals surface area contributed by atoms with Crippen molar-refractivity contribution in [2.75, 3.05) is 14.1 Å². The van der Waals surface area contributed by atoms with Gasteiger partial charge >= 0.3 is 5.97 Å². The second-order valence-electron chi connectivity index (χ2n) is 4.16. The van der Waals surface area contributed by atoms with Gasteiger partial charge in [0, 0.05) is 6.42 Å². The summed E-state index contributed by atoms with van der Waals surface area (Å²) in [6.07, 6.45) is 0.145. The summed E-state index contributed by atoms with van der Waals surface area (Å²) in [4.78, 5) is 11.0. The van der Waals surface area contributed by atoms with E-state index in [-0.39, 0.29) is 12.2 Å². The number of rotatable bonds is 4. The van der Waals surface area contributed by atoms with E-state index in [1.54, 1.807) is 12.1 Å². The highest BCUT2D eigenvalue weighted by Crippen LogP contribution is 2.15. The van der Waals surface area contributed by atoms with Gasteiger partial charge in [-0.3, -0.25) is 0 Å². The SMILES string of the molecule is C[N+](C)([O-])C(Cc1ccc(O)cc1)C(=O)O. The molecule has 88 valence electrons. The van der Waals surface area contributed by atoms with E-state index in [9.17, 15) is 10.0 Å². The van der Waals surface area contributed by atoms with Crippen molar-refractivity contribution in [2.24, 2.45) is 0 Å². The molecule has 5 nitrogen and oxygen atoms in total. The number of aromatic hydroxyl groups is 1. The summed E-state index contributed by atoms with van der Waals surface area (Å²) < 4.78 is -0.879. The highest BCUT2D eigenvalue weighted by atomic mass is 16.5. The fraction of sp³-hybridized carbons (Fsp3) is 0.364. The van der Waals surface area contributed by atoms with Crippen molar-refractivity contribution in [3.8, 4) is 5.75 Å². The van der Waals surface area contributed by atoms with Crippen LogP contribution in [0.3, 0.4) is 0 Å². The number of carboxylic acid groups (broad SMARTS) is 1. The molecule has 1 rings (SSSR count). The van der Waals surface area contributed by atoms with Crippen LogP contribution in [0.4, 0.5) is 0 Å². The summed E-state index contributed by atoms with van der Waals surface area (Å²) in [6, 6.07) is 5.13. The first-order valence-electron chi connectivity index (χ1n) is 4.86. The maximum absolute atomic E-state index is 11.6. The van der Waals surface area contributed by atoms with Crippen LogP contribution in [0.1, 0.15) is 5.56 Å². The summed E-state index contributed by atoms with van der Waals surface area (Å²) in [6.45, 7) is 0. The van der Waals surface area contributed by atoms with Crippen LogP contribution in [0.2, 0.25) is 0 Å². The zero-order chi connectivity index (χ0) is 12.3. The quantitative estimate of drug-likeness (QED) is 0.590. The molecular weight excluding hydrogens is 210 g/mol. The van der Waals surface area contributed by atoms with Crippen molar-refractivity contribution in [3.05, 3.63) is 35.0 Å². The average Bonchev–Trinajstić information content (AvgIpc) is 2.14. The molecule has 0 amide bonds. The van der Waals surface area contributed by atoms with Gasteiger partial charge in [-0.15, -0.1) is 0 Å². The van der Waals surface area contributed by atoms with Gasteiger partial charge in [0.2, 0.25) is 0 Å². The maximum atomic E-state index is 11.6. The molecule has 0 aliphatic carbocycles. The molecule has 1 aromatic rings. The molecule has 0 saturated heterocycles. The third-order valence-corrected chi connectivity index (χ3v) is 2.40. The molecule has 1 unspecified atom stereocenters. The Hall–Kier alpha value is -1.59. The average molecular weight is 225 g/mol. The Bertz CT molecular complexity index is 367.